The number of hydrogen-bond donors (Lipinski definition) is 0. The van der Waals surface area contributed by atoms with Crippen LogP contribution in [0.3, 0.4) is 0 Å². The number of amides is 2. The van der Waals surface area contributed by atoms with Crippen molar-refractivity contribution in [3.05, 3.63) is 17.5 Å². The lowest BCUT2D eigenvalue weighted by Crippen LogP contribution is -2.51. The molecular formula is C28H50N4O6Si. The second kappa shape index (κ2) is 13.5. The monoisotopic (exact) mass is 566 g/mol. The molecule has 1 aromatic rings. The van der Waals surface area contributed by atoms with Crippen LogP contribution in [0, 0.1) is 6.92 Å². The van der Waals surface area contributed by atoms with Gasteiger partial charge in [0.2, 0.25) is 0 Å². The summed E-state index contributed by atoms with van der Waals surface area (Å²) < 4.78 is 24.8. The molecule has 11 heteroatoms. The highest BCUT2D eigenvalue weighted by Gasteiger charge is 2.39. The second-order valence-electron chi connectivity index (χ2n) is 13.1. The third kappa shape index (κ3) is 9.49. The molecule has 222 valence electrons. The van der Waals surface area contributed by atoms with Gasteiger partial charge in [-0.1, -0.05) is 19.6 Å². The van der Waals surface area contributed by atoms with E-state index in [2.05, 4.69) is 26.6 Å². The summed E-state index contributed by atoms with van der Waals surface area (Å²) in [5.74, 6) is 0.0444. The Bertz CT molecular complexity index is 949. The minimum absolute atomic E-state index is 0.0178. The molecule has 10 nitrogen and oxygen atoms in total. The molecule has 2 aliphatic rings. The van der Waals surface area contributed by atoms with Gasteiger partial charge >= 0.3 is 12.2 Å². The van der Waals surface area contributed by atoms with E-state index in [0.29, 0.717) is 33.0 Å². The fourth-order valence-electron chi connectivity index (χ4n) is 5.20. The van der Waals surface area contributed by atoms with Gasteiger partial charge in [-0.05, 0) is 65.0 Å². The number of nitrogens with zero attached hydrogens (tertiary/aromatic N) is 4. The molecule has 2 atom stereocenters. The van der Waals surface area contributed by atoms with E-state index >= 15 is 0 Å². The van der Waals surface area contributed by atoms with Crippen LogP contribution in [-0.2, 0) is 25.7 Å². The molecule has 1 aromatic heterocycles. The number of piperidine rings is 2. The smallest absolute Gasteiger partial charge is 0.410 e. The zero-order valence-corrected chi connectivity index (χ0v) is 26.3. The van der Waals surface area contributed by atoms with E-state index in [4.69, 9.17) is 24.0 Å². The Hall–Kier alpha value is -2.11. The van der Waals surface area contributed by atoms with Gasteiger partial charge in [-0.25, -0.2) is 14.3 Å². The molecule has 2 saturated heterocycles. The van der Waals surface area contributed by atoms with Crippen LogP contribution in [0.2, 0.25) is 25.7 Å². The SMILES string of the molecule is COC(=O)N1CCC[C@H](c2nn(COCC[Si](C)(C)C)cc2C)[C@@H]1COC1CCN(C(=O)OC(C)(C)C)CC1. The third-order valence-electron chi connectivity index (χ3n) is 7.34. The zero-order valence-electron chi connectivity index (χ0n) is 25.3. The van der Waals surface area contributed by atoms with Gasteiger partial charge in [0.1, 0.15) is 12.3 Å². The number of carbonyl (C=O) groups is 2. The van der Waals surface area contributed by atoms with Crippen molar-refractivity contribution in [3.63, 3.8) is 0 Å². The van der Waals surface area contributed by atoms with Gasteiger partial charge in [0.05, 0.1) is 31.6 Å². The number of aromatic nitrogens is 2. The quantitative estimate of drug-likeness (QED) is 0.298. The van der Waals surface area contributed by atoms with Crippen molar-refractivity contribution >= 4 is 20.3 Å². The van der Waals surface area contributed by atoms with Gasteiger partial charge in [0.15, 0.2) is 0 Å². The van der Waals surface area contributed by atoms with Crippen LogP contribution in [0.1, 0.15) is 63.6 Å². The Kier molecular flexibility index (Phi) is 10.9. The predicted octanol–water partition coefficient (Wildman–Crippen LogP) is 5.23. The Labute approximate surface area is 235 Å². The molecule has 0 N–H and O–H groups in total. The molecule has 0 unspecified atom stereocenters. The molecule has 39 heavy (non-hydrogen) atoms. The first kappa shape index (κ1) is 31.4. The van der Waals surface area contributed by atoms with Crippen molar-refractivity contribution in [1.29, 1.82) is 0 Å². The first-order valence-electron chi connectivity index (χ1n) is 14.3. The molecule has 0 spiro atoms. The van der Waals surface area contributed by atoms with Gasteiger partial charge in [-0.3, -0.25) is 0 Å². The van der Waals surface area contributed by atoms with Gasteiger partial charge in [-0.15, -0.1) is 0 Å². The predicted molar refractivity (Wildman–Crippen MR) is 153 cm³/mol. The van der Waals surface area contributed by atoms with Crippen LogP contribution < -0.4 is 0 Å². The summed E-state index contributed by atoms with van der Waals surface area (Å²) in [7, 11) is 0.279. The molecule has 2 amide bonds. The normalized spacial score (nSPS) is 21.2. The van der Waals surface area contributed by atoms with Gasteiger partial charge in [0.25, 0.3) is 0 Å². The van der Waals surface area contributed by atoms with Crippen molar-refractivity contribution in [1.82, 2.24) is 19.6 Å². The van der Waals surface area contributed by atoms with Crippen molar-refractivity contribution in [2.75, 3.05) is 40.0 Å². The maximum absolute atomic E-state index is 12.7. The van der Waals surface area contributed by atoms with Crippen molar-refractivity contribution < 1.29 is 28.5 Å². The fraction of sp³-hybridized carbons (Fsp3) is 0.821. The zero-order chi connectivity index (χ0) is 28.8. The van der Waals surface area contributed by atoms with Crippen LogP contribution in [-0.4, -0.2) is 97.5 Å². The highest BCUT2D eigenvalue weighted by atomic mass is 28.3. The van der Waals surface area contributed by atoms with E-state index in [-0.39, 0.29) is 30.3 Å². The minimum Gasteiger partial charge on any atom is -0.453 e. The molecular weight excluding hydrogens is 516 g/mol. The van der Waals surface area contributed by atoms with Crippen molar-refractivity contribution in [2.45, 2.75) is 109 Å². The van der Waals surface area contributed by atoms with Gasteiger partial charge < -0.3 is 28.7 Å². The Morgan fingerprint density at radius 2 is 1.77 bits per heavy atom. The summed E-state index contributed by atoms with van der Waals surface area (Å²) in [5.41, 5.74) is 1.57. The van der Waals surface area contributed by atoms with E-state index in [1.807, 2.05) is 31.6 Å². The molecule has 3 rings (SSSR count). The molecule has 0 bridgehead atoms. The Balaban J connectivity index is 1.63. The number of aryl methyl sites for hydroxylation is 1. The average Bonchev–Trinajstić information content (AvgIpc) is 3.23. The van der Waals surface area contributed by atoms with E-state index in [0.717, 1.165) is 49.6 Å². The lowest BCUT2D eigenvalue weighted by molar-refractivity contribution is -0.0374. The number of likely N-dealkylation sites (tertiary alicyclic amines) is 2. The molecule has 0 aliphatic carbocycles. The highest BCUT2D eigenvalue weighted by Crippen LogP contribution is 2.35. The Morgan fingerprint density at radius 3 is 2.38 bits per heavy atom. The first-order valence-corrected chi connectivity index (χ1v) is 18.0. The van der Waals surface area contributed by atoms with Crippen LogP contribution in [0.25, 0.3) is 0 Å². The summed E-state index contributed by atoms with van der Waals surface area (Å²) >= 11 is 0. The molecule has 2 aliphatic heterocycles. The highest BCUT2D eigenvalue weighted by molar-refractivity contribution is 6.76. The molecule has 2 fully saturated rings. The summed E-state index contributed by atoms with van der Waals surface area (Å²) in [5, 5.41) is 4.90. The second-order valence-corrected chi connectivity index (χ2v) is 18.7. The minimum atomic E-state index is -1.15. The van der Waals surface area contributed by atoms with E-state index < -0.39 is 13.7 Å². The third-order valence-corrected chi connectivity index (χ3v) is 9.04. The van der Waals surface area contributed by atoms with Crippen LogP contribution >= 0.6 is 0 Å². The van der Waals surface area contributed by atoms with Gasteiger partial charge in [-0.2, -0.15) is 5.10 Å². The van der Waals surface area contributed by atoms with Crippen LogP contribution in [0.15, 0.2) is 6.20 Å². The number of carbonyl (C=O) groups excluding carboxylic acids is 2. The summed E-state index contributed by atoms with van der Waals surface area (Å²) in [4.78, 5) is 28.7. The van der Waals surface area contributed by atoms with E-state index in [1.165, 1.54) is 7.11 Å². The maximum Gasteiger partial charge on any atom is 0.410 e. The molecule has 3 heterocycles. The standard InChI is InChI=1S/C28H50N4O6Si/c1-21-18-31(20-36-16-17-39(6,7)8)29-25(21)23-10-9-13-32(27(34)35-5)24(23)19-37-22-11-14-30(15-12-22)26(33)38-28(2,3)4/h18,22-24H,9-17,19-20H2,1-8H3/t23-,24-/m0/s1. The molecule has 0 radical (unpaired) electrons. The fourth-order valence-corrected chi connectivity index (χ4v) is 5.95. The van der Waals surface area contributed by atoms with Crippen molar-refractivity contribution in [2.24, 2.45) is 0 Å². The lowest BCUT2D eigenvalue weighted by Gasteiger charge is -2.41. The van der Waals surface area contributed by atoms with E-state index in [1.54, 1.807) is 9.80 Å². The summed E-state index contributed by atoms with van der Waals surface area (Å²) in [6, 6.07) is 0.942. The largest absolute Gasteiger partial charge is 0.453 e. The van der Waals surface area contributed by atoms with Crippen LogP contribution in [0.4, 0.5) is 9.59 Å². The Morgan fingerprint density at radius 1 is 1.08 bits per heavy atom. The summed E-state index contributed by atoms with van der Waals surface area (Å²) in [6.07, 6.45) is 4.71. The average molecular weight is 567 g/mol. The van der Waals surface area contributed by atoms with Crippen LogP contribution in [0.5, 0.6) is 0 Å². The summed E-state index contributed by atoms with van der Waals surface area (Å²) in [6.45, 7) is 18.1. The number of hydrogen-bond acceptors (Lipinski definition) is 7. The maximum atomic E-state index is 12.7. The van der Waals surface area contributed by atoms with Gasteiger partial charge in [0, 0.05) is 46.4 Å². The van der Waals surface area contributed by atoms with E-state index in [9.17, 15) is 9.59 Å². The topological polar surface area (TPSA) is 95.4 Å². The lowest BCUT2D eigenvalue weighted by atomic mass is 9.85. The number of methoxy groups -OCH3 is 1. The molecule has 0 saturated carbocycles. The number of rotatable bonds is 9. The number of ether oxygens (including phenoxy) is 4. The first-order chi connectivity index (χ1) is 18.3. The molecule has 0 aromatic carbocycles. The van der Waals surface area contributed by atoms with Crippen molar-refractivity contribution in [3.8, 4) is 0 Å².